The van der Waals surface area contributed by atoms with E-state index >= 15 is 0 Å². The molecule has 3 heterocycles. The van der Waals surface area contributed by atoms with E-state index in [-0.39, 0.29) is 0 Å². The first-order valence-corrected chi connectivity index (χ1v) is 9.48. The second-order valence-electron chi connectivity index (χ2n) is 6.02. The van der Waals surface area contributed by atoms with Crippen LogP contribution in [-0.4, -0.2) is 31.2 Å². The lowest BCUT2D eigenvalue weighted by Crippen LogP contribution is -2.06. The molecule has 4 aromatic rings. The van der Waals surface area contributed by atoms with E-state index in [2.05, 4.69) is 26.0 Å². The summed E-state index contributed by atoms with van der Waals surface area (Å²) in [6.07, 6.45) is 5.61. The van der Waals surface area contributed by atoms with Gasteiger partial charge < -0.3 is 19.6 Å². The van der Waals surface area contributed by atoms with Crippen LogP contribution in [0.25, 0.3) is 22.8 Å². The molecule has 0 radical (unpaired) electrons. The van der Waals surface area contributed by atoms with Gasteiger partial charge >= 0.3 is 0 Å². The van der Waals surface area contributed by atoms with Gasteiger partial charge in [-0.05, 0) is 19.1 Å². The number of nitrogen functional groups attached to an aromatic ring is 1. The maximum atomic E-state index is 5.79. The number of aryl methyl sites for hydroxylation is 1. The summed E-state index contributed by atoms with van der Waals surface area (Å²) in [5.74, 6) is 1.66. The zero-order valence-corrected chi connectivity index (χ0v) is 16.0. The molecule has 0 saturated heterocycles. The van der Waals surface area contributed by atoms with Crippen molar-refractivity contribution >= 4 is 16.5 Å². The minimum absolute atomic E-state index is 0.565. The smallest absolute Gasteiger partial charge is 0.180 e. The molecular weight excluding hydrogens is 360 g/mol. The molecule has 1 aromatic carbocycles. The highest BCUT2D eigenvalue weighted by molar-refractivity contribution is 7.13. The van der Waals surface area contributed by atoms with Gasteiger partial charge in [0.2, 0.25) is 0 Å². The number of aromatic nitrogens is 5. The first-order chi connectivity index (χ1) is 13.2. The summed E-state index contributed by atoms with van der Waals surface area (Å²) in [5.41, 5.74) is 9.48. The Morgan fingerprint density at radius 1 is 1.22 bits per heavy atom. The summed E-state index contributed by atoms with van der Waals surface area (Å²) >= 11 is 1.44. The van der Waals surface area contributed by atoms with Crippen LogP contribution in [0.1, 0.15) is 12.6 Å². The van der Waals surface area contributed by atoms with Crippen molar-refractivity contribution in [3.63, 3.8) is 0 Å². The van der Waals surface area contributed by atoms with Crippen molar-refractivity contribution in [2.75, 3.05) is 12.8 Å². The van der Waals surface area contributed by atoms with E-state index in [1.807, 2.05) is 48.4 Å². The van der Waals surface area contributed by atoms with E-state index in [0.717, 1.165) is 40.8 Å². The molecule has 27 heavy (non-hydrogen) atoms. The first-order valence-electron chi connectivity index (χ1n) is 8.60. The Balaban J connectivity index is 1.86. The summed E-state index contributed by atoms with van der Waals surface area (Å²) in [6.45, 7) is 3.50. The Labute approximate surface area is 161 Å². The van der Waals surface area contributed by atoms with Gasteiger partial charge in [0, 0.05) is 29.9 Å². The number of thiazole rings is 1. The van der Waals surface area contributed by atoms with Crippen LogP contribution in [0, 0.1) is 0 Å². The fraction of sp³-hybridized carbons (Fsp3) is 0.211. The third-order valence-electron chi connectivity index (χ3n) is 4.35. The normalized spacial score (nSPS) is 11.0. The number of hydrogen-bond donors (Lipinski definition) is 1. The molecule has 138 valence electrons. The Kier molecular flexibility index (Phi) is 4.64. The number of nitrogens with zero attached hydrogens (tertiary/aromatic N) is 5. The van der Waals surface area contributed by atoms with E-state index < -0.39 is 0 Å². The van der Waals surface area contributed by atoms with Crippen LogP contribution in [0.15, 0.2) is 48.4 Å². The number of imidazole rings is 2. The molecule has 0 aliphatic carbocycles. The molecule has 7 nitrogen and oxygen atoms in total. The van der Waals surface area contributed by atoms with Crippen molar-refractivity contribution in [3.8, 4) is 28.5 Å². The van der Waals surface area contributed by atoms with Crippen molar-refractivity contribution in [1.29, 1.82) is 0 Å². The molecule has 4 rings (SSSR count). The molecule has 2 N–H and O–H groups in total. The standard InChI is InChI=1S/C19H20N6OS/c1-3-24-8-7-21-18(24)17-16(13-5-4-6-15(9-13)26-2)22-12-25(17)10-14-11-27-19(20)23-14/h4-9,11-12H,3,10H2,1-2H3,(H2,20,23). The lowest BCUT2D eigenvalue weighted by atomic mass is 10.1. The summed E-state index contributed by atoms with van der Waals surface area (Å²) in [7, 11) is 1.66. The van der Waals surface area contributed by atoms with Crippen LogP contribution >= 0.6 is 11.3 Å². The average Bonchev–Trinajstić information content (AvgIpc) is 3.41. The molecule has 0 bridgehead atoms. The Bertz CT molecular complexity index is 1060. The highest BCUT2D eigenvalue weighted by Gasteiger charge is 2.20. The molecule has 0 amide bonds. The SMILES string of the molecule is CCn1ccnc1-c1c(-c2cccc(OC)c2)ncn1Cc1csc(N)n1. The van der Waals surface area contributed by atoms with Gasteiger partial charge in [0.1, 0.15) is 11.4 Å². The molecular formula is C19H20N6OS. The Morgan fingerprint density at radius 2 is 2.11 bits per heavy atom. The fourth-order valence-electron chi connectivity index (χ4n) is 3.07. The molecule has 0 aliphatic rings. The molecule has 3 aromatic heterocycles. The summed E-state index contributed by atoms with van der Waals surface area (Å²) < 4.78 is 9.55. The van der Waals surface area contributed by atoms with Crippen molar-refractivity contribution in [1.82, 2.24) is 24.1 Å². The number of nitrogens with two attached hydrogens (primary N) is 1. The average molecular weight is 380 g/mol. The second kappa shape index (κ2) is 7.24. The summed E-state index contributed by atoms with van der Waals surface area (Å²) in [6, 6.07) is 7.89. The highest BCUT2D eigenvalue weighted by atomic mass is 32.1. The Hall–Kier alpha value is -3.13. The maximum Gasteiger partial charge on any atom is 0.180 e. The zero-order valence-electron chi connectivity index (χ0n) is 15.2. The molecule has 0 atom stereocenters. The van der Waals surface area contributed by atoms with Gasteiger partial charge in [-0.15, -0.1) is 11.3 Å². The molecule has 0 aliphatic heterocycles. The van der Waals surface area contributed by atoms with Crippen LogP contribution in [0.4, 0.5) is 5.13 Å². The quantitative estimate of drug-likeness (QED) is 0.553. The van der Waals surface area contributed by atoms with E-state index in [4.69, 9.17) is 15.5 Å². The van der Waals surface area contributed by atoms with Crippen molar-refractivity contribution in [2.45, 2.75) is 20.0 Å². The molecule has 0 fully saturated rings. The van der Waals surface area contributed by atoms with Crippen LogP contribution < -0.4 is 10.5 Å². The molecule has 8 heteroatoms. The Morgan fingerprint density at radius 3 is 2.85 bits per heavy atom. The lowest BCUT2D eigenvalue weighted by Gasteiger charge is -2.11. The number of rotatable bonds is 6. The monoisotopic (exact) mass is 380 g/mol. The topological polar surface area (TPSA) is 83.8 Å². The third-order valence-corrected chi connectivity index (χ3v) is 5.07. The van der Waals surface area contributed by atoms with Gasteiger partial charge in [-0.25, -0.2) is 15.0 Å². The maximum absolute atomic E-state index is 5.79. The van der Waals surface area contributed by atoms with Gasteiger partial charge in [-0.1, -0.05) is 12.1 Å². The van der Waals surface area contributed by atoms with Gasteiger partial charge in [-0.3, -0.25) is 0 Å². The predicted molar refractivity (Wildman–Crippen MR) is 107 cm³/mol. The summed E-state index contributed by atoms with van der Waals surface area (Å²) in [4.78, 5) is 13.7. The van der Waals surface area contributed by atoms with Gasteiger partial charge in [-0.2, -0.15) is 0 Å². The lowest BCUT2D eigenvalue weighted by molar-refractivity contribution is 0.415. The highest BCUT2D eigenvalue weighted by Crippen LogP contribution is 2.32. The van der Waals surface area contributed by atoms with Crippen LogP contribution in [0.2, 0.25) is 0 Å². The number of hydrogen-bond acceptors (Lipinski definition) is 6. The molecule has 0 spiro atoms. The van der Waals surface area contributed by atoms with E-state index in [9.17, 15) is 0 Å². The van der Waals surface area contributed by atoms with Gasteiger partial charge in [0.05, 0.1) is 31.4 Å². The van der Waals surface area contributed by atoms with E-state index in [1.165, 1.54) is 11.3 Å². The molecule has 0 saturated carbocycles. The van der Waals surface area contributed by atoms with Crippen LogP contribution in [0.5, 0.6) is 5.75 Å². The number of anilines is 1. The minimum Gasteiger partial charge on any atom is -0.497 e. The first kappa shape index (κ1) is 17.3. The van der Waals surface area contributed by atoms with Crippen LogP contribution in [-0.2, 0) is 13.1 Å². The van der Waals surface area contributed by atoms with Crippen molar-refractivity contribution < 1.29 is 4.74 Å². The van der Waals surface area contributed by atoms with Crippen LogP contribution in [0.3, 0.4) is 0 Å². The minimum atomic E-state index is 0.565. The van der Waals surface area contributed by atoms with Crippen molar-refractivity contribution in [3.05, 3.63) is 54.1 Å². The van der Waals surface area contributed by atoms with E-state index in [0.29, 0.717) is 11.7 Å². The summed E-state index contributed by atoms with van der Waals surface area (Å²) in [5, 5.41) is 2.53. The molecule has 0 unspecified atom stereocenters. The third kappa shape index (κ3) is 3.31. The van der Waals surface area contributed by atoms with Gasteiger partial charge in [0.15, 0.2) is 11.0 Å². The number of ether oxygens (including phenoxy) is 1. The fourth-order valence-corrected chi connectivity index (χ4v) is 3.62. The largest absolute Gasteiger partial charge is 0.497 e. The van der Waals surface area contributed by atoms with Gasteiger partial charge in [0.25, 0.3) is 0 Å². The van der Waals surface area contributed by atoms with Crippen molar-refractivity contribution in [2.24, 2.45) is 0 Å². The predicted octanol–water partition coefficient (Wildman–Crippen LogP) is 3.53. The number of methoxy groups -OCH3 is 1. The number of benzene rings is 1. The second-order valence-corrected chi connectivity index (χ2v) is 6.91. The zero-order chi connectivity index (χ0) is 18.8. The van der Waals surface area contributed by atoms with E-state index in [1.54, 1.807) is 7.11 Å².